The number of carbonyl (C=O) groups excluding carboxylic acids is 1. The molecule has 0 spiro atoms. The van der Waals surface area contributed by atoms with Crippen LogP contribution in [0.3, 0.4) is 0 Å². The van der Waals surface area contributed by atoms with Crippen molar-refractivity contribution in [3.63, 3.8) is 0 Å². The van der Waals surface area contributed by atoms with Gasteiger partial charge in [0, 0.05) is 12.4 Å². The van der Waals surface area contributed by atoms with Crippen molar-refractivity contribution in [3.8, 4) is 0 Å². The molecule has 2 aliphatic carbocycles. The summed E-state index contributed by atoms with van der Waals surface area (Å²) >= 11 is 0. The Bertz CT molecular complexity index is 726. The van der Waals surface area contributed by atoms with Crippen LogP contribution in [0.2, 0.25) is 0 Å². The molecule has 0 aliphatic heterocycles. The van der Waals surface area contributed by atoms with Crippen molar-refractivity contribution in [2.75, 3.05) is 0 Å². The Balaban J connectivity index is 1.36. The van der Waals surface area contributed by atoms with Crippen molar-refractivity contribution in [1.29, 1.82) is 0 Å². The normalized spacial score (nSPS) is 25.6. The molecule has 1 aromatic carbocycles. The minimum absolute atomic E-state index is 0.00204. The van der Waals surface area contributed by atoms with Crippen molar-refractivity contribution in [2.45, 2.75) is 56.7 Å². The second-order valence-corrected chi connectivity index (χ2v) is 6.95. The fourth-order valence-electron chi connectivity index (χ4n) is 4.09. The zero-order valence-electron chi connectivity index (χ0n) is 13.7. The predicted molar refractivity (Wildman–Crippen MR) is 90.6 cm³/mol. The number of nitrogens with zero attached hydrogens (tertiary/aromatic N) is 2. The minimum atomic E-state index is -0.567. The van der Waals surface area contributed by atoms with E-state index in [4.69, 9.17) is 0 Å². The van der Waals surface area contributed by atoms with E-state index in [1.165, 1.54) is 17.5 Å². The number of benzene rings is 1. The first kappa shape index (κ1) is 15.4. The Hall–Kier alpha value is -2.14. The zero-order valence-corrected chi connectivity index (χ0v) is 13.7. The standard InChI is InChI=1S/C19H23N3O2/c23-18(11-13-4-5-14-2-1-3-15(14)10-13)21-16-6-7-17(19(16)24)22-9-8-20-12-22/h4-5,8-10,12,16-17,19,24H,1-3,6-7,11H2,(H,21,23)/t16-,17-,19-/m1/s1. The summed E-state index contributed by atoms with van der Waals surface area (Å²) < 4.78 is 1.93. The van der Waals surface area contributed by atoms with E-state index in [1.807, 2.05) is 10.8 Å². The van der Waals surface area contributed by atoms with Crippen LogP contribution in [0.1, 0.15) is 42.0 Å². The number of hydrogen-bond acceptors (Lipinski definition) is 3. The van der Waals surface area contributed by atoms with E-state index in [-0.39, 0.29) is 18.0 Å². The summed E-state index contributed by atoms with van der Waals surface area (Å²) in [6.07, 6.45) is 10.3. The maximum atomic E-state index is 12.4. The van der Waals surface area contributed by atoms with E-state index in [0.29, 0.717) is 6.42 Å². The molecule has 1 heterocycles. The van der Waals surface area contributed by atoms with Gasteiger partial charge in [-0.1, -0.05) is 18.2 Å². The molecule has 1 fully saturated rings. The van der Waals surface area contributed by atoms with Gasteiger partial charge < -0.3 is 15.0 Å². The second-order valence-electron chi connectivity index (χ2n) is 6.95. The third kappa shape index (κ3) is 2.96. The molecule has 2 aromatic rings. The molecular formula is C19H23N3O2. The van der Waals surface area contributed by atoms with Gasteiger partial charge in [0.15, 0.2) is 0 Å². The average molecular weight is 325 g/mol. The Labute approximate surface area is 141 Å². The van der Waals surface area contributed by atoms with E-state index in [0.717, 1.165) is 31.2 Å². The number of aliphatic hydroxyl groups is 1. The number of fused-ring (bicyclic) bond motifs is 1. The molecule has 0 unspecified atom stereocenters. The molecule has 5 heteroatoms. The summed E-state index contributed by atoms with van der Waals surface area (Å²) in [5.74, 6) is -0.0109. The van der Waals surface area contributed by atoms with Crippen LogP contribution in [0, 0.1) is 0 Å². The lowest BCUT2D eigenvalue weighted by Crippen LogP contribution is -2.42. The smallest absolute Gasteiger partial charge is 0.224 e. The summed E-state index contributed by atoms with van der Waals surface area (Å²) in [6.45, 7) is 0. The van der Waals surface area contributed by atoms with Crippen LogP contribution in [0.15, 0.2) is 36.9 Å². The number of amides is 1. The van der Waals surface area contributed by atoms with Gasteiger partial charge in [-0.05, 0) is 48.8 Å². The molecule has 1 saturated carbocycles. The van der Waals surface area contributed by atoms with Gasteiger partial charge in [0.25, 0.3) is 0 Å². The third-order valence-corrected chi connectivity index (χ3v) is 5.36. The highest BCUT2D eigenvalue weighted by Gasteiger charge is 2.36. The van der Waals surface area contributed by atoms with Crippen LogP contribution in [0.25, 0.3) is 0 Å². The first-order valence-electron chi connectivity index (χ1n) is 8.76. The van der Waals surface area contributed by atoms with Crippen LogP contribution in [-0.2, 0) is 24.1 Å². The number of aryl methyl sites for hydroxylation is 2. The molecule has 3 atom stereocenters. The highest BCUT2D eigenvalue weighted by molar-refractivity contribution is 5.79. The first-order chi connectivity index (χ1) is 11.7. The summed E-state index contributed by atoms with van der Waals surface area (Å²) in [6, 6.07) is 6.20. The molecule has 1 amide bonds. The molecule has 4 rings (SSSR count). The maximum Gasteiger partial charge on any atom is 0.224 e. The van der Waals surface area contributed by atoms with Crippen LogP contribution >= 0.6 is 0 Å². The van der Waals surface area contributed by atoms with Crippen molar-refractivity contribution in [1.82, 2.24) is 14.9 Å². The quantitative estimate of drug-likeness (QED) is 0.901. The molecule has 2 aliphatic rings. The van der Waals surface area contributed by atoms with Gasteiger partial charge in [0.05, 0.1) is 30.9 Å². The lowest BCUT2D eigenvalue weighted by atomic mass is 10.0. The van der Waals surface area contributed by atoms with Crippen LogP contribution in [-0.4, -0.2) is 32.7 Å². The van der Waals surface area contributed by atoms with Gasteiger partial charge in [-0.2, -0.15) is 0 Å². The van der Waals surface area contributed by atoms with Gasteiger partial charge >= 0.3 is 0 Å². The number of carbonyl (C=O) groups is 1. The number of nitrogens with one attached hydrogen (secondary N) is 1. The van der Waals surface area contributed by atoms with E-state index in [9.17, 15) is 9.90 Å². The lowest BCUT2D eigenvalue weighted by Gasteiger charge is -2.21. The molecule has 0 radical (unpaired) electrons. The number of rotatable bonds is 4. The Morgan fingerprint density at radius 1 is 1.29 bits per heavy atom. The summed E-state index contributed by atoms with van der Waals surface area (Å²) in [5.41, 5.74) is 3.88. The van der Waals surface area contributed by atoms with Crippen molar-refractivity contribution >= 4 is 5.91 Å². The minimum Gasteiger partial charge on any atom is -0.389 e. The van der Waals surface area contributed by atoms with Crippen molar-refractivity contribution < 1.29 is 9.90 Å². The Kier molecular flexibility index (Phi) is 4.10. The largest absolute Gasteiger partial charge is 0.389 e. The molecule has 24 heavy (non-hydrogen) atoms. The number of aromatic nitrogens is 2. The third-order valence-electron chi connectivity index (χ3n) is 5.36. The van der Waals surface area contributed by atoms with Gasteiger partial charge in [0.2, 0.25) is 5.91 Å². The number of aliphatic hydroxyl groups excluding tert-OH is 1. The Morgan fingerprint density at radius 2 is 2.17 bits per heavy atom. The fraction of sp³-hybridized carbons (Fsp3) is 0.474. The SMILES string of the molecule is O=C(Cc1ccc2c(c1)CCC2)N[C@@H]1CC[C@@H](n2ccnc2)[C@@H]1O. The molecule has 5 nitrogen and oxygen atoms in total. The van der Waals surface area contributed by atoms with Gasteiger partial charge in [-0.3, -0.25) is 4.79 Å². The van der Waals surface area contributed by atoms with Crippen molar-refractivity contribution in [2.24, 2.45) is 0 Å². The summed E-state index contributed by atoms with van der Waals surface area (Å²) in [7, 11) is 0. The Morgan fingerprint density at radius 3 is 3.00 bits per heavy atom. The summed E-state index contributed by atoms with van der Waals surface area (Å²) in [4.78, 5) is 16.4. The average Bonchev–Trinajstić information content (AvgIpc) is 3.29. The number of hydrogen-bond donors (Lipinski definition) is 2. The predicted octanol–water partition coefficient (Wildman–Crippen LogP) is 1.80. The molecule has 1 aromatic heterocycles. The number of imidazole rings is 1. The second kappa shape index (κ2) is 6.40. The maximum absolute atomic E-state index is 12.4. The molecule has 2 N–H and O–H groups in total. The van der Waals surface area contributed by atoms with Crippen LogP contribution in [0.4, 0.5) is 0 Å². The van der Waals surface area contributed by atoms with Crippen LogP contribution < -0.4 is 5.32 Å². The molecule has 0 saturated heterocycles. The van der Waals surface area contributed by atoms with Crippen molar-refractivity contribution in [3.05, 3.63) is 53.6 Å². The van der Waals surface area contributed by atoms with Gasteiger partial charge in [-0.25, -0.2) is 4.98 Å². The summed E-state index contributed by atoms with van der Waals surface area (Å²) in [5, 5.41) is 13.5. The van der Waals surface area contributed by atoms with E-state index < -0.39 is 6.10 Å². The zero-order chi connectivity index (χ0) is 16.5. The molecule has 126 valence electrons. The van der Waals surface area contributed by atoms with E-state index >= 15 is 0 Å². The van der Waals surface area contributed by atoms with E-state index in [1.54, 1.807) is 12.5 Å². The topological polar surface area (TPSA) is 67.2 Å². The highest BCUT2D eigenvalue weighted by Crippen LogP contribution is 2.30. The van der Waals surface area contributed by atoms with Crippen LogP contribution in [0.5, 0.6) is 0 Å². The monoisotopic (exact) mass is 325 g/mol. The molecule has 0 bridgehead atoms. The fourth-order valence-corrected chi connectivity index (χ4v) is 4.09. The highest BCUT2D eigenvalue weighted by atomic mass is 16.3. The van der Waals surface area contributed by atoms with Gasteiger partial charge in [-0.15, -0.1) is 0 Å². The molecular weight excluding hydrogens is 302 g/mol. The van der Waals surface area contributed by atoms with E-state index in [2.05, 4.69) is 28.5 Å². The van der Waals surface area contributed by atoms with Gasteiger partial charge in [0.1, 0.15) is 0 Å². The lowest BCUT2D eigenvalue weighted by molar-refractivity contribution is -0.121. The first-order valence-corrected chi connectivity index (χ1v) is 8.76.